The van der Waals surface area contributed by atoms with Crippen molar-refractivity contribution in [1.82, 2.24) is 13.7 Å². The fourth-order valence-electron chi connectivity index (χ4n) is 11.5. The van der Waals surface area contributed by atoms with Crippen LogP contribution in [0.4, 0.5) is 17.1 Å². The highest BCUT2D eigenvalue weighted by Gasteiger charge is 2.23. The lowest BCUT2D eigenvalue weighted by Gasteiger charge is -2.26. The van der Waals surface area contributed by atoms with Crippen molar-refractivity contribution in [3.63, 3.8) is 0 Å². The Morgan fingerprint density at radius 3 is 1.06 bits per heavy atom. The van der Waals surface area contributed by atoms with Crippen LogP contribution in [0.1, 0.15) is 0 Å². The van der Waals surface area contributed by atoms with E-state index in [0.29, 0.717) is 0 Å². The number of hydrogen-bond acceptors (Lipinski definition) is 2. The second-order valence-corrected chi connectivity index (χ2v) is 18.5. The number of rotatable bonds is 7. The smallest absolute Gasteiger partial charge is 0.145 e. The molecule has 71 heavy (non-hydrogen) atoms. The molecule has 4 heterocycles. The summed E-state index contributed by atoms with van der Waals surface area (Å²) in [4.78, 5) is 2.32. The molecular weight excluding hydrogens is 865 g/mol. The molecule has 15 rings (SSSR count). The first-order chi connectivity index (χ1) is 35.2. The molecule has 0 saturated heterocycles. The third-order valence-corrected chi connectivity index (χ3v) is 14.6. The van der Waals surface area contributed by atoms with Gasteiger partial charge in [0.25, 0.3) is 0 Å². The highest BCUT2D eigenvalue weighted by Crippen LogP contribution is 2.45. The van der Waals surface area contributed by atoms with Crippen molar-refractivity contribution in [1.29, 1.82) is 0 Å². The predicted octanol–water partition coefficient (Wildman–Crippen LogP) is 18.0. The molecule has 0 N–H and O–H groups in total. The fraction of sp³-hybridized carbons (Fsp3) is 0. The predicted molar refractivity (Wildman–Crippen MR) is 297 cm³/mol. The highest BCUT2D eigenvalue weighted by atomic mass is 16.3. The van der Waals surface area contributed by atoms with Gasteiger partial charge in [-0.1, -0.05) is 133 Å². The van der Waals surface area contributed by atoms with Gasteiger partial charge in [0.2, 0.25) is 0 Å². The van der Waals surface area contributed by atoms with Gasteiger partial charge in [0.15, 0.2) is 0 Å². The van der Waals surface area contributed by atoms with E-state index in [0.717, 1.165) is 99.7 Å². The summed E-state index contributed by atoms with van der Waals surface area (Å²) in [6.07, 6.45) is 0. The first-order valence-corrected chi connectivity index (χ1v) is 24.3. The van der Waals surface area contributed by atoms with Gasteiger partial charge in [-0.2, -0.15) is 0 Å². The topological polar surface area (TPSA) is 31.2 Å². The van der Waals surface area contributed by atoms with E-state index in [1.165, 1.54) is 32.9 Å². The van der Waals surface area contributed by atoms with Crippen LogP contribution in [0.15, 0.2) is 259 Å². The van der Waals surface area contributed by atoms with Crippen molar-refractivity contribution in [2.45, 2.75) is 0 Å². The molecule has 15 aromatic rings. The number of fused-ring (bicyclic) bond motifs is 14. The Morgan fingerprint density at radius 1 is 0.239 bits per heavy atom. The lowest BCUT2D eigenvalue weighted by molar-refractivity contribution is 0.677. The van der Waals surface area contributed by atoms with Gasteiger partial charge in [0.1, 0.15) is 11.2 Å². The van der Waals surface area contributed by atoms with E-state index < -0.39 is 0 Å². The summed E-state index contributed by atoms with van der Waals surface area (Å²) in [5.74, 6) is 0. The van der Waals surface area contributed by atoms with Crippen molar-refractivity contribution in [2.24, 2.45) is 0 Å². The second-order valence-electron chi connectivity index (χ2n) is 18.5. The Morgan fingerprint density at radius 2 is 0.577 bits per heavy atom. The van der Waals surface area contributed by atoms with Gasteiger partial charge in [-0.3, -0.25) is 0 Å². The molecule has 0 amide bonds. The fourth-order valence-corrected chi connectivity index (χ4v) is 11.5. The molecule has 0 saturated carbocycles. The largest absolute Gasteiger partial charge is 0.455 e. The number of para-hydroxylation sites is 5. The molecule has 0 aliphatic carbocycles. The molecule has 0 spiro atoms. The normalized spacial score (nSPS) is 11.9. The quantitative estimate of drug-likeness (QED) is 0.160. The molecule has 0 aliphatic rings. The molecule has 0 bridgehead atoms. The van der Waals surface area contributed by atoms with E-state index in [4.69, 9.17) is 4.42 Å². The van der Waals surface area contributed by atoms with Crippen LogP contribution >= 0.6 is 0 Å². The maximum Gasteiger partial charge on any atom is 0.145 e. The average molecular weight is 907 g/mol. The molecule has 332 valence electrons. The van der Waals surface area contributed by atoms with Gasteiger partial charge in [0, 0.05) is 66.4 Å². The number of furan rings is 1. The lowest BCUT2D eigenvalue weighted by atomic mass is 10.0. The molecule has 0 fully saturated rings. The van der Waals surface area contributed by atoms with E-state index >= 15 is 0 Å². The van der Waals surface area contributed by atoms with Crippen molar-refractivity contribution in [3.8, 4) is 28.2 Å². The lowest BCUT2D eigenvalue weighted by Crippen LogP contribution is -2.10. The molecular formula is C66H42N4O. The molecule has 4 aromatic heterocycles. The summed E-state index contributed by atoms with van der Waals surface area (Å²) in [5.41, 5.74) is 17.7. The number of anilines is 3. The van der Waals surface area contributed by atoms with E-state index in [1.807, 2.05) is 0 Å². The zero-order chi connectivity index (χ0) is 46.6. The van der Waals surface area contributed by atoms with Gasteiger partial charge in [-0.25, -0.2) is 0 Å². The van der Waals surface area contributed by atoms with E-state index in [2.05, 4.69) is 273 Å². The second kappa shape index (κ2) is 15.5. The van der Waals surface area contributed by atoms with Gasteiger partial charge >= 0.3 is 0 Å². The van der Waals surface area contributed by atoms with E-state index in [-0.39, 0.29) is 0 Å². The standard InChI is InChI=1S/C66H42N4O/c1-3-15-43(16-4-1)44-27-29-46(30-28-44)67(45-17-5-2-6-18-45)47-31-33-49(34-32-47)69-59-25-13-9-21-55(59)63-61(69)41-39-53-54-40-42-62-64(66(54)71-65(53)63)56-22-10-14-26-60(56)70(62)50-37-35-48(36-38-50)68-57-23-11-7-19-51(57)52-20-8-12-24-58(52)68/h1-42H. The Bertz CT molecular complexity index is 4490. The molecule has 0 unspecified atom stereocenters. The van der Waals surface area contributed by atoms with Crippen molar-refractivity contribution >= 4 is 104 Å². The minimum atomic E-state index is 0.901. The Labute approximate surface area is 408 Å². The number of benzene rings is 11. The van der Waals surface area contributed by atoms with Crippen LogP contribution in [-0.4, -0.2) is 13.7 Å². The minimum Gasteiger partial charge on any atom is -0.455 e. The molecule has 0 radical (unpaired) electrons. The van der Waals surface area contributed by atoms with Crippen LogP contribution in [0.5, 0.6) is 0 Å². The summed E-state index contributed by atoms with van der Waals surface area (Å²) in [6.45, 7) is 0. The van der Waals surface area contributed by atoms with Gasteiger partial charge in [0.05, 0.1) is 43.9 Å². The van der Waals surface area contributed by atoms with Gasteiger partial charge in [-0.05, 0) is 132 Å². The number of hydrogen-bond donors (Lipinski definition) is 0. The SMILES string of the molecule is c1ccc(-c2ccc(N(c3ccccc3)c3ccc(-n4c5ccccc5c5c6oc7c(ccc8c7c7ccccc7n8-c7ccc(-n8c9ccccc9c9ccccc98)cc7)c6ccc54)cc3)cc2)cc1. The molecule has 0 atom stereocenters. The summed E-state index contributed by atoms with van der Waals surface area (Å²) in [7, 11) is 0. The van der Waals surface area contributed by atoms with Crippen LogP contribution in [-0.2, 0) is 0 Å². The molecule has 11 aromatic carbocycles. The van der Waals surface area contributed by atoms with Crippen LogP contribution < -0.4 is 4.90 Å². The van der Waals surface area contributed by atoms with Crippen molar-refractivity contribution in [3.05, 3.63) is 255 Å². The monoisotopic (exact) mass is 906 g/mol. The maximum atomic E-state index is 7.29. The summed E-state index contributed by atoms with van der Waals surface area (Å²) >= 11 is 0. The number of nitrogens with zero attached hydrogens (tertiary/aromatic N) is 4. The van der Waals surface area contributed by atoms with Crippen LogP contribution in [0, 0.1) is 0 Å². The molecule has 5 heteroatoms. The van der Waals surface area contributed by atoms with Crippen LogP contribution in [0.2, 0.25) is 0 Å². The third-order valence-electron chi connectivity index (χ3n) is 14.6. The summed E-state index contributed by atoms with van der Waals surface area (Å²) in [6, 6.07) is 91.8. The first kappa shape index (κ1) is 39.4. The Hall–Kier alpha value is -9.58. The molecule has 5 nitrogen and oxygen atoms in total. The van der Waals surface area contributed by atoms with E-state index in [9.17, 15) is 0 Å². The minimum absolute atomic E-state index is 0.901. The summed E-state index contributed by atoms with van der Waals surface area (Å²) < 4.78 is 14.4. The zero-order valence-corrected chi connectivity index (χ0v) is 38.4. The Kier molecular flexibility index (Phi) is 8.59. The van der Waals surface area contributed by atoms with Crippen molar-refractivity contribution < 1.29 is 4.42 Å². The average Bonchev–Trinajstić information content (AvgIpc) is 4.19. The first-order valence-electron chi connectivity index (χ1n) is 24.3. The third kappa shape index (κ3) is 5.93. The van der Waals surface area contributed by atoms with Crippen LogP contribution in [0.25, 0.3) is 116 Å². The van der Waals surface area contributed by atoms with Crippen molar-refractivity contribution in [2.75, 3.05) is 4.90 Å². The van der Waals surface area contributed by atoms with E-state index in [1.54, 1.807) is 0 Å². The maximum absolute atomic E-state index is 7.29. The number of aromatic nitrogens is 3. The van der Waals surface area contributed by atoms with Crippen LogP contribution in [0.3, 0.4) is 0 Å². The zero-order valence-electron chi connectivity index (χ0n) is 38.4. The molecule has 0 aliphatic heterocycles. The Balaban J connectivity index is 0.858. The highest BCUT2D eigenvalue weighted by molar-refractivity contribution is 6.29. The van der Waals surface area contributed by atoms with Gasteiger partial charge < -0.3 is 23.0 Å². The van der Waals surface area contributed by atoms with Gasteiger partial charge in [-0.15, -0.1) is 0 Å². The summed E-state index contributed by atoms with van der Waals surface area (Å²) in [5, 5.41) is 9.28.